The number of imidazole rings is 1. The van der Waals surface area contributed by atoms with E-state index in [0.29, 0.717) is 10.7 Å². The number of pyridine rings is 1. The molecule has 2 N–H and O–H groups in total. The van der Waals surface area contributed by atoms with Crippen LogP contribution in [0.1, 0.15) is 11.5 Å². The van der Waals surface area contributed by atoms with E-state index >= 15 is 0 Å². The van der Waals surface area contributed by atoms with Gasteiger partial charge in [-0.25, -0.2) is 9.97 Å². The SMILES string of the molecule is NC(=S)c1cccc(N2CCn3ccnc3C2)n1. The number of nitrogens with zero attached hydrogens (tertiary/aromatic N) is 4. The summed E-state index contributed by atoms with van der Waals surface area (Å²) >= 11 is 4.95. The van der Waals surface area contributed by atoms with Crippen LogP contribution in [0.4, 0.5) is 5.82 Å². The highest BCUT2D eigenvalue weighted by Gasteiger charge is 2.17. The highest BCUT2D eigenvalue weighted by atomic mass is 32.1. The second kappa shape index (κ2) is 4.38. The van der Waals surface area contributed by atoms with Gasteiger partial charge in [0.1, 0.15) is 16.6 Å². The van der Waals surface area contributed by atoms with Gasteiger partial charge in [0.05, 0.1) is 12.2 Å². The summed E-state index contributed by atoms with van der Waals surface area (Å²) in [6.45, 7) is 2.60. The van der Waals surface area contributed by atoms with Gasteiger partial charge in [-0.3, -0.25) is 0 Å². The summed E-state index contributed by atoms with van der Waals surface area (Å²) in [4.78, 5) is 11.3. The first-order chi connectivity index (χ1) is 8.74. The minimum atomic E-state index is 0.329. The summed E-state index contributed by atoms with van der Waals surface area (Å²) in [7, 11) is 0. The van der Waals surface area contributed by atoms with Crippen LogP contribution in [0.3, 0.4) is 0 Å². The first-order valence-electron chi connectivity index (χ1n) is 5.76. The van der Waals surface area contributed by atoms with Crippen LogP contribution in [0.15, 0.2) is 30.6 Å². The van der Waals surface area contributed by atoms with Crippen molar-refractivity contribution in [3.63, 3.8) is 0 Å². The summed E-state index contributed by atoms with van der Waals surface area (Å²) in [5.74, 6) is 1.96. The molecule has 2 aromatic heterocycles. The van der Waals surface area contributed by atoms with Gasteiger partial charge in [-0.05, 0) is 12.1 Å². The normalized spacial score (nSPS) is 14.3. The highest BCUT2D eigenvalue weighted by molar-refractivity contribution is 7.80. The van der Waals surface area contributed by atoms with Crippen LogP contribution in [-0.4, -0.2) is 26.1 Å². The molecule has 6 heteroatoms. The number of hydrogen-bond acceptors (Lipinski definition) is 4. The molecule has 0 saturated carbocycles. The lowest BCUT2D eigenvalue weighted by Crippen LogP contribution is -2.34. The average molecular weight is 259 g/mol. The topological polar surface area (TPSA) is 60.0 Å². The van der Waals surface area contributed by atoms with E-state index in [-0.39, 0.29) is 0 Å². The highest BCUT2D eigenvalue weighted by Crippen LogP contribution is 2.18. The van der Waals surface area contributed by atoms with E-state index in [9.17, 15) is 0 Å². The maximum absolute atomic E-state index is 5.61. The molecule has 5 nitrogen and oxygen atoms in total. The number of nitrogens with two attached hydrogens (primary N) is 1. The Labute approximate surface area is 110 Å². The molecule has 0 spiro atoms. The molecule has 3 rings (SSSR count). The molecule has 1 aliphatic rings. The third-order valence-corrected chi connectivity index (χ3v) is 3.26. The van der Waals surface area contributed by atoms with E-state index in [2.05, 4.69) is 19.4 Å². The number of rotatable bonds is 2. The summed E-state index contributed by atoms with van der Waals surface area (Å²) in [5.41, 5.74) is 6.27. The Kier molecular flexibility index (Phi) is 2.71. The van der Waals surface area contributed by atoms with Crippen LogP contribution in [0.25, 0.3) is 0 Å². The summed E-state index contributed by atoms with van der Waals surface area (Å²) in [6.07, 6.45) is 3.84. The van der Waals surface area contributed by atoms with E-state index in [4.69, 9.17) is 18.0 Å². The number of anilines is 1. The standard InChI is InChI=1S/C12H13N5S/c13-12(18)9-2-1-3-10(15-9)17-7-6-16-5-4-14-11(16)8-17/h1-5H,6-8H2,(H2,13,18). The summed E-state index contributed by atoms with van der Waals surface area (Å²) in [6, 6.07) is 5.73. The Morgan fingerprint density at radius 1 is 1.33 bits per heavy atom. The van der Waals surface area contributed by atoms with E-state index in [1.165, 1.54) is 0 Å². The maximum Gasteiger partial charge on any atom is 0.129 e. The minimum absolute atomic E-state index is 0.329. The fourth-order valence-corrected chi connectivity index (χ4v) is 2.22. The van der Waals surface area contributed by atoms with E-state index in [1.54, 1.807) is 0 Å². The number of hydrogen-bond donors (Lipinski definition) is 1. The first kappa shape index (κ1) is 11.2. The van der Waals surface area contributed by atoms with Crippen LogP contribution in [-0.2, 0) is 13.1 Å². The van der Waals surface area contributed by atoms with Crippen molar-refractivity contribution in [2.24, 2.45) is 5.73 Å². The van der Waals surface area contributed by atoms with Crippen molar-refractivity contribution in [1.82, 2.24) is 14.5 Å². The van der Waals surface area contributed by atoms with E-state index in [0.717, 1.165) is 31.3 Å². The second-order valence-corrected chi connectivity index (χ2v) is 4.64. The van der Waals surface area contributed by atoms with Gasteiger partial charge in [0, 0.05) is 25.5 Å². The molecule has 1 aliphatic heterocycles. The van der Waals surface area contributed by atoms with Gasteiger partial charge >= 0.3 is 0 Å². The molecule has 0 fully saturated rings. The Morgan fingerprint density at radius 3 is 3.06 bits per heavy atom. The zero-order chi connectivity index (χ0) is 12.5. The lowest BCUT2D eigenvalue weighted by atomic mass is 10.3. The van der Waals surface area contributed by atoms with Crippen molar-refractivity contribution in [3.8, 4) is 0 Å². The minimum Gasteiger partial charge on any atom is -0.388 e. The van der Waals surface area contributed by atoms with Gasteiger partial charge in [-0.15, -0.1) is 0 Å². The predicted molar refractivity (Wildman–Crippen MR) is 73.4 cm³/mol. The van der Waals surface area contributed by atoms with Gasteiger partial charge in [0.15, 0.2) is 0 Å². The van der Waals surface area contributed by atoms with Crippen molar-refractivity contribution >= 4 is 23.0 Å². The van der Waals surface area contributed by atoms with Gasteiger partial charge in [-0.2, -0.15) is 0 Å². The van der Waals surface area contributed by atoms with Crippen LogP contribution in [0.2, 0.25) is 0 Å². The average Bonchev–Trinajstić information content (AvgIpc) is 2.86. The molecule has 92 valence electrons. The second-order valence-electron chi connectivity index (χ2n) is 4.20. The Hall–Kier alpha value is -1.95. The van der Waals surface area contributed by atoms with Crippen molar-refractivity contribution in [3.05, 3.63) is 42.1 Å². The fourth-order valence-electron chi connectivity index (χ4n) is 2.11. The molecule has 2 aromatic rings. The number of thiocarbonyl (C=S) groups is 1. The van der Waals surface area contributed by atoms with Crippen molar-refractivity contribution in [1.29, 1.82) is 0 Å². The molecule has 18 heavy (non-hydrogen) atoms. The Bertz CT molecular complexity index is 592. The molecule has 0 aromatic carbocycles. The zero-order valence-electron chi connectivity index (χ0n) is 9.78. The van der Waals surface area contributed by atoms with Gasteiger partial charge in [0.25, 0.3) is 0 Å². The molecule has 0 bridgehead atoms. The monoisotopic (exact) mass is 259 g/mol. The Balaban J connectivity index is 1.88. The lowest BCUT2D eigenvalue weighted by molar-refractivity contribution is 0.556. The number of aromatic nitrogens is 3. The maximum atomic E-state index is 5.61. The third-order valence-electron chi connectivity index (χ3n) is 3.06. The zero-order valence-corrected chi connectivity index (χ0v) is 10.6. The molecular formula is C12H13N5S. The van der Waals surface area contributed by atoms with Crippen LogP contribution in [0.5, 0.6) is 0 Å². The van der Waals surface area contributed by atoms with E-state index in [1.807, 2.05) is 30.6 Å². The molecule has 0 atom stereocenters. The van der Waals surface area contributed by atoms with Gasteiger partial charge in [0.2, 0.25) is 0 Å². The van der Waals surface area contributed by atoms with Crippen LogP contribution >= 0.6 is 12.2 Å². The smallest absolute Gasteiger partial charge is 0.129 e. The molecule has 0 radical (unpaired) electrons. The van der Waals surface area contributed by atoms with Crippen molar-refractivity contribution in [2.75, 3.05) is 11.4 Å². The quantitative estimate of drug-likeness (QED) is 0.813. The predicted octanol–water partition coefficient (Wildman–Crippen LogP) is 0.932. The van der Waals surface area contributed by atoms with Gasteiger partial charge in [-0.1, -0.05) is 18.3 Å². The largest absolute Gasteiger partial charge is 0.388 e. The molecule has 0 aliphatic carbocycles. The summed E-state index contributed by atoms with van der Waals surface area (Å²) < 4.78 is 2.16. The molecule has 0 saturated heterocycles. The fraction of sp³-hybridized carbons (Fsp3) is 0.250. The molecule has 0 unspecified atom stereocenters. The molecular weight excluding hydrogens is 246 g/mol. The summed E-state index contributed by atoms with van der Waals surface area (Å²) in [5, 5.41) is 0. The first-order valence-corrected chi connectivity index (χ1v) is 6.17. The van der Waals surface area contributed by atoms with E-state index < -0.39 is 0 Å². The van der Waals surface area contributed by atoms with Crippen LogP contribution < -0.4 is 10.6 Å². The lowest BCUT2D eigenvalue weighted by Gasteiger charge is -2.28. The van der Waals surface area contributed by atoms with Crippen molar-refractivity contribution < 1.29 is 0 Å². The third kappa shape index (κ3) is 1.95. The Morgan fingerprint density at radius 2 is 2.22 bits per heavy atom. The number of fused-ring (bicyclic) bond motifs is 1. The van der Waals surface area contributed by atoms with Crippen molar-refractivity contribution in [2.45, 2.75) is 13.1 Å². The van der Waals surface area contributed by atoms with Crippen LogP contribution in [0, 0.1) is 0 Å². The van der Waals surface area contributed by atoms with Gasteiger partial charge < -0.3 is 15.2 Å². The molecule has 3 heterocycles. The molecule has 0 amide bonds.